The number of rotatable bonds is 21. The second kappa shape index (κ2) is 19.1. The van der Waals surface area contributed by atoms with Gasteiger partial charge in [-0.1, -0.05) is 103 Å². The van der Waals surface area contributed by atoms with E-state index in [9.17, 15) is 9.59 Å². The number of hydrogen-bond donors (Lipinski definition) is 3. The monoisotopic (exact) mass is 655 g/mol. The van der Waals surface area contributed by atoms with Crippen molar-refractivity contribution >= 4 is 23.1 Å². The van der Waals surface area contributed by atoms with E-state index in [1.807, 2.05) is 70.2 Å². The van der Waals surface area contributed by atoms with E-state index < -0.39 is 0 Å². The first kappa shape index (κ1) is 36.8. The van der Waals surface area contributed by atoms with E-state index in [4.69, 9.17) is 9.72 Å². The number of nitrogens with one attached hydrogen (secondary N) is 3. The highest BCUT2D eigenvalue weighted by Crippen LogP contribution is 2.30. The van der Waals surface area contributed by atoms with E-state index >= 15 is 0 Å². The van der Waals surface area contributed by atoms with Gasteiger partial charge >= 0.3 is 0 Å². The van der Waals surface area contributed by atoms with Crippen LogP contribution >= 0.6 is 0 Å². The fourth-order valence-corrected chi connectivity index (χ4v) is 6.21. The molecule has 0 bridgehead atoms. The minimum absolute atomic E-state index is 0.00757. The highest BCUT2D eigenvalue weighted by Gasteiger charge is 2.24. The quantitative estimate of drug-likeness (QED) is 0.0778. The molecule has 8 heteroatoms. The van der Waals surface area contributed by atoms with Gasteiger partial charge in [0.05, 0.1) is 12.3 Å². The Bertz CT molecular complexity index is 1600. The average Bonchev–Trinajstić information content (AvgIpc) is 3.59. The Hall–Kier alpha value is -4.07. The number of hydrogen-bond acceptors (Lipinski definition) is 4. The number of fused-ring (bicyclic) bond motifs is 1. The van der Waals surface area contributed by atoms with Crippen LogP contribution in [0.15, 0.2) is 48.5 Å². The molecule has 0 radical (unpaired) electrons. The lowest BCUT2D eigenvalue weighted by atomic mass is 10.0. The molecule has 0 unspecified atom stereocenters. The van der Waals surface area contributed by atoms with Crippen LogP contribution in [0.5, 0.6) is 5.75 Å². The Labute approximate surface area is 287 Å². The minimum atomic E-state index is -0.318. The fraction of sp³-hybridized carbons (Fsp3) is 0.525. The van der Waals surface area contributed by atoms with E-state index in [1.54, 1.807) is 10.6 Å². The maximum atomic E-state index is 14.0. The van der Waals surface area contributed by atoms with Gasteiger partial charge in [0, 0.05) is 28.9 Å². The minimum Gasteiger partial charge on any atom is -0.491 e. The lowest BCUT2D eigenvalue weighted by molar-refractivity contribution is 0.0942. The van der Waals surface area contributed by atoms with Gasteiger partial charge in [-0.25, -0.2) is 9.50 Å². The number of aromatic nitrogens is 3. The van der Waals surface area contributed by atoms with Crippen molar-refractivity contribution in [2.45, 2.75) is 131 Å². The summed E-state index contributed by atoms with van der Waals surface area (Å²) in [5.41, 5.74) is 5.12. The van der Waals surface area contributed by atoms with Crippen molar-refractivity contribution in [1.82, 2.24) is 19.9 Å². The summed E-state index contributed by atoms with van der Waals surface area (Å²) in [6.45, 7) is 10.6. The van der Waals surface area contributed by atoms with Crippen molar-refractivity contribution in [3.63, 3.8) is 0 Å². The van der Waals surface area contributed by atoms with Gasteiger partial charge in [-0.2, -0.15) is 0 Å². The number of anilines is 1. The van der Waals surface area contributed by atoms with Crippen LogP contribution in [0.4, 0.5) is 5.69 Å². The highest BCUT2D eigenvalue weighted by molar-refractivity contribution is 6.08. The zero-order valence-electron chi connectivity index (χ0n) is 29.9. The fourth-order valence-electron chi connectivity index (χ4n) is 6.21. The van der Waals surface area contributed by atoms with Crippen molar-refractivity contribution in [2.75, 3.05) is 11.9 Å². The van der Waals surface area contributed by atoms with Gasteiger partial charge in [-0.15, -0.1) is 0 Å². The SMILES string of the molecule is CCCCCCCCCCCCCCCCOc1ccccc1NC(=O)c1c(-c2cc(C)cc(C(=O)NC(C)C)c2)nc2cc(C)[nH]n12. The lowest BCUT2D eigenvalue weighted by Crippen LogP contribution is -2.30. The Morgan fingerprint density at radius 1 is 0.812 bits per heavy atom. The van der Waals surface area contributed by atoms with Crippen LogP contribution in [-0.2, 0) is 0 Å². The number of aromatic amines is 1. The standard InChI is InChI=1S/C40H57N5O3/c1-6-7-8-9-10-11-12-13-14-15-16-17-18-21-24-48-35-23-20-19-22-34(35)42-40(47)38-37(43-36-27-31(5)44-45(36)38)32-25-30(4)26-33(28-32)39(46)41-29(2)3/h19-20,22-23,25-29,44H,6-18,21,24H2,1-5H3,(H,41,46)(H,42,47). The summed E-state index contributed by atoms with van der Waals surface area (Å²) < 4.78 is 7.87. The number of amides is 2. The van der Waals surface area contributed by atoms with Crippen molar-refractivity contribution in [3.8, 4) is 17.0 Å². The lowest BCUT2D eigenvalue weighted by Gasteiger charge is -2.13. The number of nitrogens with zero attached hydrogens (tertiary/aromatic N) is 2. The van der Waals surface area contributed by atoms with E-state index in [0.29, 0.717) is 46.2 Å². The molecule has 0 atom stereocenters. The predicted octanol–water partition coefficient (Wildman–Crippen LogP) is 10.2. The Morgan fingerprint density at radius 2 is 1.44 bits per heavy atom. The van der Waals surface area contributed by atoms with Crippen LogP contribution in [0.1, 0.15) is 143 Å². The molecule has 3 N–H and O–H groups in total. The van der Waals surface area contributed by atoms with Crippen LogP contribution in [0.25, 0.3) is 16.9 Å². The molecule has 2 aromatic heterocycles. The number of carbonyl (C=O) groups is 2. The van der Waals surface area contributed by atoms with Crippen molar-refractivity contribution in [1.29, 1.82) is 0 Å². The molecule has 2 amide bonds. The molecule has 260 valence electrons. The predicted molar refractivity (Wildman–Crippen MR) is 197 cm³/mol. The summed E-state index contributed by atoms with van der Waals surface area (Å²) in [7, 11) is 0. The number of imidazole rings is 1. The van der Waals surface area contributed by atoms with Crippen LogP contribution in [0.2, 0.25) is 0 Å². The molecular formula is C40H57N5O3. The van der Waals surface area contributed by atoms with Crippen molar-refractivity contribution < 1.29 is 14.3 Å². The largest absolute Gasteiger partial charge is 0.491 e. The second-order valence-corrected chi connectivity index (χ2v) is 13.6. The molecule has 4 rings (SSSR count). The smallest absolute Gasteiger partial charge is 0.276 e. The molecule has 0 saturated heterocycles. The average molecular weight is 656 g/mol. The molecule has 0 aliphatic rings. The summed E-state index contributed by atoms with van der Waals surface area (Å²) in [5.74, 6) is 0.168. The van der Waals surface area contributed by atoms with Gasteiger partial charge in [0.15, 0.2) is 11.3 Å². The summed E-state index contributed by atoms with van der Waals surface area (Å²) in [6.07, 6.45) is 18.4. The van der Waals surface area contributed by atoms with Gasteiger partial charge in [-0.05, 0) is 70.0 Å². The molecule has 48 heavy (non-hydrogen) atoms. The van der Waals surface area contributed by atoms with Crippen LogP contribution in [0, 0.1) is 13.8 Å². The highest BCUT2D eigenvalue weighted by atomic mass is 16.5. The number of unbranched alkanes of at least 4 members (excludes halogenated alkanes) is 13. The number of para-hydroxylation sites is 2. The second-order valence-electron chi connectivity index (χ2n) is 13.6. The maximum Gasteiger partial charge on any atom is 0.276 e. The Morgan fingerprint density at radius 3 is 2.08 bits per heavy atom. The molecule has 0 aliphatic heterocycles. The first-order valence-corrected chi connectivity index (χ1v) is 18.3. The molecular weight excluding hydrogens is 598 g/mol. The number of aryl methyl sites for hydroxylation is 2. The zero-order valence-corrected chi connectivity index (χ0v) is 29.9. The third kappa shape index (κ3) is 11.0. The first-order chi connectivity index (χ1) is 23.3. The van der Waals surface area contributed by atoms with Crippen LogP contribution in [-0.4, -0.2) is 39.1 Å². The Balaban J connectivity index is 1.32. The van der Waals surface area contributed by atoms with E-state index in [0.717, 1.165) is 24.1 Å². The van der Waals surface area contributed by atoms with Gasteiger partial charge in [0.1, 0.15) is 11.4 Å². The summed E-state index contributed by atoms with van der Waals surface area (Å²) in [6, 6.07) is 15.1. The molecule has 2 aromatic carbocycles. The van der Waals surface area contributed by atoms with Crippen LogP contribution < -0.4 is 15.4 Å². The topological polar surface area (TPSA) is 101 Å². The van der Waals surface area contributed by atoms with E-state index in [2.05, 4.69) is 22.7 Å². The van der Waals surface area contributed by atoms with Gasteiger partial charge in [0.25, 0.3) is 11.8 Å². The van der Waals surface area contributed by atoms with Gasteiger partial charge in [0.2, 0.25) is 0 Å². The molecule has 0 fully saturated rings. The molecule has 0 spiro atoms. The molecule has 4 aromatic rings. The summed E-state index contributed by atoms with van der Waals surface area (Å²) >= 11 is 0. The third-order valence-electron chi connectivity index (χ3n) is 8.68. The molecule has 0 saturated carbocycles. The maximum absolute atomic E-state index is 14.0. The van der Waals surface area contributed by atoms with Gasteiger partial charge in [-0.3, -0.25) is 14.7 Å². The number of ether oxygens (including phenoxy) is 1. The van der Waals surface area contributed by atoms with Crippen molar-refractivity contribution in [2.24, 2.45) is 0 Å². The number of benzene rings is 2. The van der Waals surface area contributed by atoms with E-state index in [-0.39, 0.29) is 17.9 Å². The zero-order chi connectivity index (χ0) is 34.3. The third-order valence-corrected chi connectivity index (χ3v) is 8.68. The number of carbonyl (C=O) groups excluding carboxylic acids is 2. The molecule has 0 aliphatic carbocycles. The molecule has 8 nitrogen and oxygen atoms in total. The summed E-state index contributed by atoms with van der Waals surface area (Å²) in [4.78, 5) is 31.7. The Kier molecular flexibility index (Phi) is 14.6. The molecule has 2 heterocycles. The first-order valence-electron chi connectivity index (χ1n) is 18.3. The van der Waals surface area contributed by atoms with Crippen LogP contribution in [0.3, 0.4) is 0 Å². The summed E-state index contributed by atoms with van der Waals surface area (Å²) in [5, 5.41) is 9.28. The normalized spacial score (nSPS) is 11.4. The van der Waals surface area contributed by atoms with E-state index in [1.165, 1.54) is 77.0 Å². The van der Waals surface area contributed by atoms with Gasteiger partial charge < -0.3 is 15.4 Å². The number of H-pyrrole nitrogens is 1. The van der Waals surface area contributed by atoms with Crippen molar-refractivity contribution in [3.05, 3.63) is 71.0 Å².